The van der Waals surface area contributed by atoms with E-state index in [9.17, 15) is 14.4 Å². The summed E-state index contributed by atoms with van der Waals surface area (Å²) in [4.78, 5) is 38.8. The summed E-state index contributed by atoms with van der Waals surface area (Å²) >= 11 is 0. The Morgan fingerprint density at radius 3 is 2.35 bits per heavy atom. The van der Waals surface area contributed by atoms with Gasteiger partial charge in [-0.1, -0.05) is 55.5 Å². The molecular weight excluding hydrogens is 392 g/mol. The van der Waals surface area contributed by atoms with E-state index in [2.05, 4.69) is 5.32 Å². The molecule has 0 bridgehead atoms. The minimum atomic E-state index is -0.651. The molecule has 7 heteroatoms. The molecule has 3 rings (SSSR count). The maximum atomic E-state index is 13.1. The first-order valence-corrected chi connectivity index (χ1v) is 10.4. The zero-order valence-electron chi connectivity index (χ0n) is 18.1. The lowest BCUT2D eigenvalue weighted by molar-refractivity contribution is 0.100. The molecule has 0 radical (unpaired) electrons. The lowest BCUT2D eigenvalue weighted by atomic mass is 10.1. The summed E-state index contributed by atoms with van der Waals surface area (Å²) in [6.07, 6.45) is 0.810. The van der Waals surface area contributed by atoms with Gasteiger partial charge in [0.05, 0.1) is 13.1 Å². The number of hydrogen-bond donors (Lipinski definition) is 2. The van der Waals surface area contributed by atoms with E-state index in [0.717, 1.165) is 33.4 Å². The third kappa shape index (κ3) is 4.45. The number of nitrogens with two attached hydrogens (primary N) is 1. The number of nitrogens with zero attached hydrogens (tertiary/aromatic N) is 2. The highest BCUT2D eigenvalue weighted by atomic mass is 16.2. The zero-order chi connectivity index (χ0) is 22.5. The van der Waals surface area contributed by atoms with Crippen LogP contribution in [0.1, 0.15) is 40.9 Å². The van der Waals surface area contributed by atoms with Gasteiger partial charge < -0.3 is 11.1 Å². The van der Waals surface area contributed by atoms with Crippen LogP contribution in [0.5, 0.6) is 0 Å². The highest BCUT2D eigenvalue weighted by molar-refractivity contribution is 6.02. The average molecular weight is 421 g/mol. The SMILES string of the molecule is CCc1cccc(C)c1NCC(=O)c1c(N)n(Cc2ccccc2)c(=O)n(CC)c1=O. The van der Waals surface area contributed by atoms with E-state index in [-0.39, 0.29) is 31.0 Å². The van der Waals surface area contributed by atoms with Gasteiger partial charge in [0.25, 0.3) is 5.56 Å². The molecule has 0 aliphatic rings. The van der Waals surface area contributed by atoms with Crippen molar-refractivity contribution in [1.29, 1.82) is 0 Å². The molecule has 0 saturated carbocycles. The van der Waals surface area contributed by atoms with Crippen molar-refractivity contribution in [2.45, 2.75) is 40.3 Å². The Kier molecular flexibility index (Phi) is 6.74. The predicted molar refractivity (Wildman–Crippen MR) is 124 cm³/mol. The number of Topliss-reactive ketones (excluding diaryl/α,β-unsaturated/α-hetero) is 1. The number of anilines is 2. The van der Waals surface area contributed by atoms with E-state index in [1.54, 1.807) is 6.92 Å². The number of nitrogens with one attached hydrogen (secondary N) is 1. The van der Waals surface area contributed by atoms with E-state index < -0.39 is 17.0 Å². The van der Waals surface area contributed by atoms with E-state index in [1.807, 2.05) is 62.4 Å². The first kappa shape index (κ1) is 22.1. The Hall–Kier alpha value is -3.61. The van der Waals surface area contributed by atoms with Crippen LogP contribution >= 0.6 is 0 Å². The van der Waals surface area contributed by atoms with Gasteiger partial charge >= 0.3 is 5.69 Å². The largest absolute Gasteiger partial charge is 0.384 e. The van der Waals surface area contributed by atoms with Crippen LogP contribution in [0.4, 0.5) is 11.5 Å². The minimum Gasteiger partial charge on any atom is -0.384 e. The van der Waals surface area contributed by atoms with Gasteiger partial charge in [-0.05, 0) is 37.0 Å². The van der Waals surface area contributed by atoms with Gasteiger partial charge in [0, 0.05) is 12.2 Å². The number of benzene rings is 2. The number of aryl methyl sites for hydroxylation is 2. The third-order valence-electron chi connectivity index (χ3n) is 5.41. The summed E-state index contributed by atoms with van der Waals surface area (Å²) in [5, 5.41) is 3.17. The number of para-hydroxylation sites is 1. The molecule has 31 heavy (non-hydrogen) atoms. The molecule has 1 heterocycles. The predicted octanol–water partition coefficient (Wildman–Crippen LogP) is 2.83. The van der Waals surface area contributed by atoms with Crippen LogP contribution in [0.3, 0.4) is 0 Å². The smallest absolute Gasteiger partial charge is 0.332 e. The van der Waals surface area contributed by atoms with Crippen LogP contribution in [0.2, 0.25) is 0 Å². The topological polar surface area (TPSA) is 99.1 Å². The molecule has 3 aromatic rings. The van der Waals surface area contributed by atoms with Crippen LogP contribution in [-0.4, -0.2) is 21.5 Å². The summed E-state index contributed by atoms with van der Waals surface area (Å²) in [5.74, 6) is -0.548. The number of ketones is 1. The molecule has 0 amide bonds. The number of carbonyl (C=O) groups is 1. The van der Waals surface area contributed by atoms with Gasteiger partial charge in [-0.15, -0.1) is 0 Å². The minimum absolute atomic E-state index is 0.0927. The maximum absolute atomic E-state index is 13.1. The average Bonchev–Trinajstić information content (AvgIpc) is 2.76. The third-order valence-corrected chi connectivity index (χ3v) is 5.41. The molecule has 0 unspecified atom stereocenters. The molecule has 7 nitrogen and oxygen atoms in total. The highest BCUT2D eigenvalue weighted by Gasteiger charge is 2.22. The summed E-state index contributed by atoms with van der Waals surface area (Å²) < 4.78 is 2.34. The van der Waals surface area contributed by atoms with E-state index in [1.165, 1.54) is 4.57 Å². The van der Waals surface area contributed by atoms with Gasteiger partial charge in [0.2, 0.25) is 0 Å². The molecule has 1 aromatic heterocycles. The summed E-state index contributed by atoms with van der Waals surface area (Å²) in [6, 6.07) is 15.2. The lowest BCUT2D eigenvalue weighted by Crippen LogP contribution is -2.44. The van der Waals surface area contributed by atoms with Crippen molar-refractivity contribution in [2.24, 2.45) is 0 Å². The van der Waals surface area contributed by atoms with Crippen LogP contribution in [0, 0.1) is 6.92 Å². The molecule has 0 aliphatic heterocycles. The highest BCUT2D eigenvalue weighted by Crippen LogP contribution is 2.21. The first-order valence-electron chi connectivity index (χ1n) is 10.4. The molecule has 2 aromatic carbocycles. The fraction of sp³-hybridized carbons (Fsp3) is 0.292. The van der Waals surface area contributed by atoms with E-state index in [4.69, 9.17) is 5.73 Å². The second-order valence-electron chi connectivity index (χ2n) is 7.40. The standard InChI is InChI=1S/C24H28N4O3/c1-4-18-13-9-10-16(3)21(18)26-14-19(29)20-22(25)28(15-17-11-7-6-8-12-17)24(31)27(5-2)23(20)30/h6-13,26H,4-5,14-15,25H2,1-3H3. The summed E-state index contributed by atoms with van der Waals surface area (Å²) in [6.45, 7) is 5.93. The number of hydrogen-bond acceptors (Lipinski definition) is 5. The van der Waals surface area contributed by atoms with Crippen molar-refractivity contribution in [3.8, 4) is 0 Å². The number of rotatable bonds is 8. The fourth-order valence-electron chi connectivity index (χ4n) is 3.71. The maximum Gasteiger partial charge on any atom is 0.332 e. The summed E-state index contributed by atoms with van der Waals surface area (Å²) in [7, 11) is 0. The Morgan fingerprint density at radius 1 is 1.00 bits per heavy atom. The van der Waals surface area contributed by atoms with E-state index in [0.29, 0.717) is 0 Å². The quantitative estimate of drug-likeness (QED) is 0.546. The molecule has 0 fully saturated rings. The molecule has 0 atom stereocenters. The Morgan fingerprint density at radius 2 is 1.71 bits per heavy atom. The van der Waals surface area contributed by atoms with Gasteiger partial charge in [0.15, 0.2) is 5.78 Å². The summed E-state index contributed by atoms with van der Waals surface area (Å²) in [5.41, 5.74) is 8.71. The second-order valence-corrected chi connectivity index (χ2v) is 7.40. The Balaban J connectivity index is 2.00. The number of carbonyl (C=O) groups excluding carboxylic acids is 1. The lowest BCUT2D eigenvalue weighted by Gasteiger charge is -2.17. The van der Waals surface area contributed by atoms with Gasteiger partial charge in [-0.2, -0.15) is 0 Å². The first-order chi connectivity index (χ1) is 14.9. The van der Waals surface area contributed by atoms with Gasteiger partial charge in [-0.3, -0.25) is 18.7 Å². The van der Waals surface area contributed by atoms with Gasteiger partial charge in [-0.25, -0.2) is 4.79 Å². The number of aromatic nitrogens is 2. The molecule has 3 N–H and O–H groups in total. The molecule has 162 valence electrons. The fourth-order valence-corrected chi connectivity index (χ4v) is 3.71. The van der Waals surface area contributed by atoms with Crippen LogP contribution in [0.15, 0.2) is 58.1 Å². The second kappa shape index (κ2) is 9.47. The van der Waals surface area contributed by atoms with Crippen molar-refractivity contribution in [2.75, 3.05) is 17.6 Å². The Bertz CT molecular complexity index is 1210. The molecular formula is C24H28N4O3. The monoisotopic (exact) mass is 420 g/mol. The van der Waals surface area contributed by atoms with Crippen molar-refractivity contribution < 1.29 is 4.79 Å². The number of nitrogen functional groups attached to an aromatic ring is 1. The molecule has 0 aliphatic carbocycles. The molecule has 0 spiro atoms. The van der Waals surface area contributed by atoms with Crippen molar-refractivity contribution >= 4 is 17.3 Å². The van der Waals surface area contributed by atoms with E-state index >= 15 is 0 Å². The van der Waals surface area contributed by atoms with Gasteiger partial charge in [0.1, 0.15) is 11.4 Å². The van der Waals surface area contributed by atoms with Crippen LogP contribution < -0.4 is 22.3 Å². The normalized spacial score (nSPS) is 10.8. The molecule has 0 saturated heterocycles. The van der Waals surface area contributed by atoms with Crippen molar-refractivity contribution in [3.63, 3.8) is 0 Å². The van der Waals surface area contributed by atoms with Crippen molar-refractivity contribution in [1.82, 2.24) is 9.13 Å². The Labute approximate surface area is 181 Å². The van der Waals surface area contributed by atoms with Crippen LogP contribution in [0.25, 0.3) is 0 Å². The van der Waals surface area contributed by atoms with Crippen molar-refractivity contribution in [3.05, 3.63) is 91.6 Å². The zero-order valence-corrected chi connectivity index (χ0v) is 18.1. The van der Waals surface area contributed by atoms with Crippen LogP contribution in [-0.2, 0) is 19.5 Å².